The molecule has 1 aliphatic rings. The highest BCUT2D eigenvalue weighted by molar-refractivity contribution is 7.88. The lowest BCUT2D eigenvalue weighted by Gasteiger charge is -2.15. The average molecular weight is 633 g/mol. The van der Waals surface area contributed by atoms with Crippen LogP contribution in [0.5, 0.6) is 0 Å². The van der Waals surface area contributed by atoms with E-state index in [1.54, 1.807) is 35.8 Å². The van der Waals surface area contributed by atoms with Gasteiger partial charge in [0.15, 0.2) is 5.65 Å². The van der Waals surface area contributed by atoms with Crippen LogP contribution in [0.25, 0.3) is 55.7 Å². The molecule has 45 heavy (non-hydrogen) atoms. The second-order valence-corrected chi connectivity index (χ2v) is 13.2. The van der Waals surface area contributed by atoms with E-state index >= 15 is 0 Å². The largest absolute Gasteiger partial charge is 0.353 e. The smallest absolute Gasteiger partial charge is 0.261 e. The predicted octanol–water partition coefficient (Wildman–Crippen LogP) is 5.26. The van der Waals surface area contributed by atoms with Crippen LogP contribution in [0.1, 0.15) is 17.5 Å². The van der Waals surface area contributed by atoms with Crippen LogP contribution in [-0.4, -0.2) is 68.7 Å². The number of nitrogens with one attached hydrogen (secondary N) is 3. The number of hydrogen-bond donors (Lipinski definition) is 3. The molecular formula is C31H27F3N8O2S. The molecular weight excluding hydrogens is 605 g/mol. The topological polar surface area (TPSA) is 133 Å². The minimum Gasteiger partial charge on any atom is -0.353 e. The number of hydrogen-bond acceptors (Lipinski definition) is 7. The summed E-state index contributed by atoms with van der Waals surface area (Å²) in [5, 5.41) is 8.92. The fraction of sp³-hybridized carbons (Fsp3) is 0.226. The molecule has 0 unspecified atom stereocenters. The molecule has 230 valence electrons. The van der Waals surface area contributed by atoms with Gasteiger partial charge in [0, 0.05) is 83.8 Å². The Labute approximate surface area is 255 Å². The van der Waals surface area contributed by atoms with Crippen molar-refractivity contribution in [2.45, 2.75) is 25.4 Å². The van der Waals surface area contributed by atoms with E-state index in [1.807, 2.05) is 24.3 Å². The van der Waals surface area contributed by atoms with Gasteiger partial charge < -0.3 is 4.98 Å². The van der Waals surface area contributed by atoms with E-state index in [0.717, 1.165) is 39.2 Å². The van der Waals surface area contributed by atoms with Crippen molar-refractivity contribution in [3.05, 3.63) is 84.2 Å². The third-order valence-electron chi connectivity index (χ3n) is 7.78. The Morgan fingerprint density at radius 1 is 0.978 bits per heavy atom. The third kappa shape index (κ3) is 6.16. The van der Waals surface area contributed by atoms with Crippen molar-refractivity contribution in [2.24, 2.45) is 0 Å². The van der Waals surface area contributed by atoms with E-state index in [0.29, 0.717) is 46.9 Å². The van der Waals surface area contributed by atoms with Crippen molar-refractivity contribution >= 4 is 32.0 Å². The second-order valence-electron chi connectivity index (χ2n) is 11.3. The molecule has 10 nitrogen and oxygen atoms in total. The van der Waals surface area contributed by atoms with Gasteiger partial charge in [-0.05, 0) is 53.6 Å². The molecule has 6 aromatic rings. The number of sulfonamides is 1. The molecule has 0 radical (unpaired) electrons. The molecule has 1 fully saturated rings. The standard InChI is InChI=1S/C31H27F3N8O2S/c1-45(43,44)38-13-18-6-20(9-23(32)8-18)28-24-11-27(39-26(24)2-4-36-28)29-25-10-22(15-37-30(25)41-40-29)21-7-19(12-35-14-21)16-42-5-3-31(33,34)17-42/h2,4,6-12,14-15,38-39H,3,5,13,16-17H2,1H3,(H,37,40,41). The van der Waals surface area contributed by atoms with Gasteiger partial charge in [-0.25, -0.2) is 31.3 Å². The van der Waals surface area contributed by atoms with E-state index in [1.165, 1.54) is 12.1 Å². The summed E-state index contributed by atoms with van der Waals surface area (Å²) in [6.07, 6.45) is 7.63. The van der Waals surface area contributed by atoms with Gasteiger partial charge in [0.05, 0.1) is 29.9 Å². The first kappa shape index (κ1) is 29.1. The van der Waals surface area contributed by atoms with Gasteiger partial charge in [-0.2, -0.15) is 5.10 Å². The lowest BCUT2D eigenvalue weighted by Crippen LogP contribution is -2.24. The first-order chi connectivity index (χ1) is 21.5. The van der Waals surface area contributed by atoms with E-state index in [-0.39, 0.29) is 19.5 Å². The zero-order chi connectivity index (χ0) is 31.3. The molecule has 1 saturated heterocycles. The first-order valence-corrected chi connectivity index (χ1v) is 16.0. The van der Waals surface area contributed by atoms with Gasteiger partial charge >= 0.3 is 0 Å². The molecule has 3 N–H and O–H groups in total. The maximum atomic E-state index is 14.6. The summed E-state index contributed by atoms with van der Waals surface area (Å²) in [4.78, 5) is 18.5. The van der Waals surface area contributed by atoms with Crippen molar-refractivity contribution < 1.29 is 21.6 Å². The minimum atomic E-state index is -3.46. The molecule has 0 atom stereocenters. The number of alkyl halides is 2. The fourth-order valence-electron chi connectivity index (χ4n) is 5.72. The summed E-state index contributed by atoms with van der Waals surface area (Å²) < 4.78 is 67.5. The molecule has 14 heteroatoms. The highest BCUT2D eigenvalue weighted by Gasteiger charge is 2.37. The molecule has 7 rings (SSSR count). The number of H-pyrrole nitrogens is 2. The van der Waals surface area contributed by atoms with Gasteiger partial charge in [0.2, 0.25) is 10.0 Å². The Morgan fingerprint density at radius 3 is 2.60 bits per heavy atom. The fourth-order valence-corrected chi connectivity index (χ4v) is 6.15. The average Bonchev–Trinajstić information content (AvgIpc) is 3.71. The highest BCUT2D eigenvalue weighted by atomic mass is 32.2. The molecule has 5 aromatic heterocycles. The van der Waals surface area contributed by atoms with Crippen LogP contribution < -0.4 is 4.72 Å². The summed E-state index contributed by atoms with van der Waals surface area (Å²) in [6.45, 7) is 0.410. The highest BCUT2D eigenvalue weighted by Crippen LogP contribution is 2.35. The molecule has 1 aliphatic heterocycles. The zero-order valence-electron chi connectivity index (χ0n) is 24.0. The van der Waals surface area contributed by atoms with E-state index < -0.39 is 21.8 Å². The SMILES string of the molecule is CS(=O)(=O)NCc1cc(F)cc(-c2nccc3[nH]c(-c4[nH]nc5ncc(-c6cncc(CN7CCC(F)(F)C7)c6)cc45)cc23)c1. The molecule has 0 spiro atoms. The monoisotopic (exact) mass is 632 g/mol. The van der Waals surface area contributed by atoms with Gasteiger partial charge in [0.1, 0.15) is 5.82 Å². The molecule has 6 heterocycles. The summed E-state index contributed by atoms with van der Waals surface area (Å²) in [7, 11) is -3.46. The van der Waals surface area contributed by atoms with Crippen LogP contribution in [0.4, 0.5) is 13.2 Å². The van der Waals surface area contributed by atoms with Gasteiger partial charge in [-0.3, -0.25) is 20.0 Å². The van der Waals surface area contributed by atoms with Crippen molar-refractivity contribution in [2.75, 3.05) is 19.3 Å². The zero-order valence-corrected chi connectivity index (χ0v) is 24.8. The van der Waals surface area contributed by atoms with E-state index in [2.05, 4.69) is 34.9 Å². The number of aromatic amines is 2. The number of benzene rings is 1. The molecule has 0 aliphatic carbocycles. The third-order valence-corrected chi connectivity index (χ3v) is 8.45. The number of rotatable bonds is 8. The van der Waals surface area contributed by atoms with Crippen molar-refractivity contribution in [3.63, 3.8) is 0 Å². The maximum absolute atomic E-state index is 14.6. The number of likely N-dealkylation sites (tertiary alicyclic amines) is 1. The van der Waals surface area contributed by atoms with Crippen LogP contribution >= 0.6 is 0 Å². The van der Waals surface area contributed by atoms with Crippen LogP contribution in [0, 0.1) is 5.82 Å². The Bertz CT molecular complexity index is 2180. The first-order valence-electron chi connectivity index (χ1n) is 14.1. The van der Waals surface area contributed by atoms with Gasteiger partial charge in [-0.15, -0.1) is 0 Å². The number of fused-ring (bicyclic) bond motifs is 2. The molecule has 0 saturated carbocycles. The predicted molar refractivity (Wildman–Crippen MR) is 164 cm³/mol. The Balaban J connectivity index is 1.22. The summed E-state index contributed by atoms with van der Waals surface area (Å²) in [6, 6.07) is 11.9. The lowest BCUT2D eigenvalue weighted by molar-refractivity contribution is 0.0115. The number of nitrogens with zero attached hydrogens (tertiary/aromatic N) is 5. The molecule has 0 amide bonds. The van der Waals surface area contributed by atoms with Crippen LogP contribution in [0.15, 0.2) is 67.3 Å². The lowest BCUT2D eigenvalue weighted by atomic mass is 10.0. The number of aromatic nitrogens is 6. The van der Waals surface area contributed by atoms with Crippen LogP contribution in [0.2, 0.25) is 0 Å². The van der Waals surface area contributed by atoms with E-state index in [9.17, 15) is 21.6 Å². The van der Waals surface area contributed by atoms with Gasteiger partial charge in [0.25, 0.3) is 5.92 Å². The van der Waals surface area contributed by atoms with Crippen molar-refractivity contribution in [3.8, 4) is 33.8 Å². The Hall–Kier alpha value is -4.66. The maximum Gasteiger partial charge on any atom is 0.261 e. The Kier molecular flexibility index (Phi) is 7.14. The Morgan fingerprint density at radius 2 is 1.80 bits per heavy atom. The normalized spacial score (nSPS) is 15.4. The summed E-state index contributed by atoms with van der Waals surface area (Å²) >= 11 is 0. The van der Waals surface area contributed by atoms with E-state index in [4.69, 9.17) is 0 Å². The minimum absolute atomic E-state index is 0.0555. The second kappa shape index (κ2) is 11.1. The van der Waals surface area contributed by atoms with Crippen molar-refractivity contribution in [1.82, 2.24) is 39.8 Å². The van der Waals surface area contributed by atoms with Gasteiger partial charge in [-0.1, -0.05) is 0 Å². The van der Waals surface area contributed by atoms with Crippen LogP contribution in [0.3, 0.4) is 0 Å². The number of halogens is 3. The quantitative estimate of drug-likeness (QED) is 0.209. The van der Waals surface area contributed by atoms with Crippen molar-refractivity contribution in [1.29, 1.82) is 0 Å². The number of pyridine rings is 3. The molecule has 1 aromatic carbocycles. The summed E-state index contributed by atoms with van der Waals surface area (Å²) in [5.41, 5.74) is 6.56. The van der Waals surface area contributed by atoms with Crippen LogP contribution in [-0.2, 0) is 23.1 Å². The summed E-state index contributed by atoms with van der Waals surface area (Å²) in [5.74, 6) is -3.17. The molecule has 0 bridgehead atoms.